The number of carbonyl (C=O) groups is 3. The number of hydrogen-bond donors (Lipinski definition) is 2. The average molecular weight is 583 g/mol. The van der Waals surface area contributed by atoms with Gasteiger partial charge in [0.2, 0.25) is 0 Å². The zero-order valence-corrected chi connectivity index (χ0v) is 24.3. The second-order valence-electron chi connectivity index (χ2n) is 9.52. The third-order valence-corrected chi connectivity index (χ3v) is 6.99. The van der Waals surface area contributed by atoms with E-state index in [2.05, 4.69) is 42.2 Å². The molecular weight excluding hydrogens is 548 g/mol. The van der Waals surface area contributed by atoms with Crippen molar-refractivity contribution in [3.05, 3.63) is 138 Å². The van der Waals surface area contributed by atoms with Gasteiger partial charge in [-0.1, -0.05) is 103 Å². The van der Waals surface area contributed by atoms with E-state index in [1.54, 1.807) is 13.0 Å². The molecule has 0 saturated heterocycles. The van der Waals surface area contributed by atoms with Gasteiger partial charge >= 0.3 is 12.1 Å². The minimum Gasteiger partial charge on any atom is -0.465 e. The van der Waals surface area contributed by atoms with Crippen LogP contribution in [0.25, 0.3) is 0 Å². The van der Waals surface area contributed by atoms with Gasteiger partial charge in [-0.2, -0.15) is 12.6 Å². The number of nitrogens with zero attached hydrogens (tertiary/aromatic N) is 1. The van der Waals surface area contributed by atoms with Crippen molar-refractivity contribution in [1.29, 1.82) is 0 Å². The fourth-order valence-electron chi connectivity index (χ4n) is 4.65. The number of carbonyl (C=O) groups excluding carboxylic acids is 3. The van der Waals surface area contributed by atoms with E-state index in [4.69, 9.17) is 9.47 Å². The zero-order chi connectivity index (χ0) is 29.7. The Morgan fingerprint density at radius 2 is 1.33 bits per heavy atom. The van der Waals surface area contributed by atoms with Crippen LogP contribution >= 0.6 is 12.6 Å². The van der Waals surface area contributed by atoms with E-state index in [1.165, 1.54) is 4.90 Å². The van der Waals surface area contributed by atoms with Crippen molar-refractivity contribution in [2.24, 2.45) is 0 Å². The summed E-state index contributed by atoms with van der Waals surface area (Å²) in [5, 5.41) is 2.60. The van der Waals surface area contributed by atoms with Gasteiger partial charge in [0.1, 0.15) is 19.2 Å². The first-order valence-electron chi connectivity index (χ1n) is 13.7. The van der Waals surface area contributed by atoms with Crippen molar-refractivity contribution in [3.63, 3.8) is 0 Å². The van der Waals surface area contributed by atoms with Crippen LogP contribution < -0.4 is 10.2 Å². The second kappa shape index (κ2) is 15.4. The van der Waals surface area contributed by atoms with Crippen molar-refractivity contribution in [2.75, 3.05) is 23.8 Å². The van der Waals surface area contributed by atoms with Gasteiger partial charge in [0.15, 0.2) is 0 Å². The topological polar surface area (TPSA) is 84.9 Å². The molecular formula is C34H34N2O5S. The van der Waals surface area contributed by atoms with E-state index < -0.39 is 24.0 Å². The summed E-state index contributed by atoms with van der Waals surface area (Å²) in [6, 6.07) is 35.8. The van der Waals surface area contributed by atoms with Crippen molar-refractivity contribution in [1.82, 2.24) is 5.32 Å². The molecule has 0 aliphatic carbocycles. The van der Waals surface area contributed by atoms with E-state index in [0.717, 1.165) is 22.3 Å². The minimum atomic E-state index is -1.05. The van der Waals surface area contributed by atoms with Gasteiger partial charge in [0.25, 0.3) is 5.91 Å². The van der Waals surface area contributed by atoms with Crippen molar-refractivity contribution in [2.45, 2.75) is 25.5 Å². The second-order valence-corrected chi connectivity index (χ2v) is 9.89. The highest BCUT2D eigenvalue weighted by Gasteiger charge is 2.29. The monoisotopic (exact) mass is 582 g/mol. The summed E-state index contributed by atoms with van der Waals surface area (Å²) in [6.45, 7) is 1.60. The molecule has 0 aliphatic rings. The molecule has 0 heterocycles. The number of esters is 1. The van der Waals surface area contributed by atoms with E-state index in [-0.39, 0.29) is 31.4 Å². The smallest absolute Gasteiger partial charge is 0.408 e. The number of rotatable bonds is 12. The predicted octanol–water partition coefficient (Wildman–Crippen LogP) is 5.99. The molecule has 0 fully saturated rings. The summed E-state index contributed by atoms with van der Waals surface area (Å²) in [5.74, 6) is -1.19. The summed E-state index contributed by atoms with van der Waals surface area (Å²) in [7, 11) is 0. The van der Waals surface area contributed by atoms with E-state index in [9.17, 15) is 14.4 Å². The Labute approximate surface area is 251 Å². The van der Waals surface area contributed by atoms with Crippen molar-refractivity contribution in [3.8, 4) is 0 Å². The van der Waals surface area contributed by atoms with Crippen molar-refractivity contribution < 1.29 is 23.9 Å². The third-order valence-electron chi connectivity index (χ3n) is 6.63. The highest BCUT2D eigenvalue weighted by atomic mass is 32.1. The molecule has 4 rings (SSSR count). The average Bonchev–Trinajstić information content (AvgIpc) is 3.03. The molecule has 4 aromatic carbocycles. The van der Waals surface area contributed by atoms with Crippen LogP contribution in [0.5, 0.6) is 0 Å². The molecule has 0 unspecified atom stereocenters. The van der Waals surface area contributed by atoms with Crippen LogP contribution in [-0.4, -0.2) is 42.9 Å². The highest BCUT2D eigenvalue weighted by molar-refractivity contribution is 7.80. The summed E-state index contributed by atoms with van der Waals surface area (Å²) in [4.78, 5) is 40.4. The molecule has 4 aromatic rings. The lowest BCUT2D eigenvalue weighted by Crippen LogP contribution is -2.51. The van der Waals surface area contributed by atoms with Crippen LogP contribution in [-0.2, 0) is 25.7 Å². The Hall–Kier alpha value is -4.56. The van der Waals surface area contributed by atoms with Gasteiger partial charge in [-0.05, 0) is 41.3 Å². The lowest BCUT2D eigenvalue weighted by molar-refractivity contribution is -0.142. The van der Waals surface area contributed by atoms with Gasteiger partial charge in [-0.25, -0.2) is 4.79 Å². The van der Waals surface area contributed by atoms with Gasteiger partial charge in [0, 0.05) is 17.4 Å². The number of anilines is 1. The Bertz CT molecular complexity index is 1410. The molecule has 1 N–H and O–H groups in total. The lowest BCUT2D eigenvalue weighted by atomic mass is 9.85. The maximum absolute atomic E-state index is 13.8. The quantitative estimate of drug-likeness (QED) is 0.122. The van der Waals surface area contributed by atoms with Gasteiger partial charge in [0.05, 0.1) is 6.61 Å². The molecule has 0 spiro atoms. The van der Waals surface area contributed by atoms with Crippen LogP contribution in [0.1, 0.15) is 35.1 Å². The molecule has 0 aliphatic heterocycles. The summed E-state index contributed by atoms with van der Waals surface area (Å²) in [5.41, 5.74) is 4.41. The zero-order valence-electron chi connectivity index (χ0n) is 23.4. The Kier molecular flexibility index (Phi) is 11.2. The molecule has 8 heteroatoms. The van der Waals surface area contributed by atoms with Crippen LogP contribution in [0.4, 0.5) is 10.5 Å². The SMILES string of the molecule is CCOC(=O)CN(C(=O)[C@H](CS)NC(=O)OCc1ccccc1)c1cccc(C(c2ccccc2)c2ccccc2)c1. The first-order valence-corrected chi connectivity index (χ1v) is 14.4. The largest absolute Gasteiger partial charge is 0.465 e. The van der Waals surface area contributed by atoms with Crippen LogP contribution in [0.15, 0.2) is 115 Å². The number of amides is 2. The molecule has 0 bridgehead atoms. The van der Waals surface area contributed by atoms with E-state index in [0.29, 0.717) is 5.69 Å². The fourth-order valence-corrected chi connectivity index (χ4v) is 4.90. The van der Waals surface area contributed by atoms with Crippen LogP contribution in [0.3, 0.4) is 0 Å². The lowest BCUT2D eigenvalue weighted by Gasteiger charge is -2.28. The Morgan fingerprint density at radius 3 is 1.90 bits per heavy atom. The maximum Gasteiger partial charge on any atom is 0.408 e. The summed E-state index contributed by atoms with van der Waals surface area (Å²) in [6.07, 6.45) is -0.760. The minimum absolute atomic E-state index is 0.00502. The number of thiol groups is 1. The molecule has 2 amide bonds. The molecule has 0 radical (unpaired) electrons. The highest BCUT2D eigenvalue weighted by Crippen LogP contribution is 2.33. The van der Waals surface area contributed by atoms with Gasteiger partial charge in [-0.3, -0.25) is 14.5 Å². The maximum atomic E-state index is 13.8. The molecule has 0 saturated carbocycles. The molecule has 1 atom stereocenters. The van der Waals surface area contributed by atoms with E-state index >= 15 is 0 Å². The van der Waals surface area contributed by atoms with Gasteiger partial charge in [-0.15, -0.1) is 0 Å². The normalized spacial score (nSPS) is 11.4. The van der Waals surface area contributed by atoms with Crippen molar-refractivity contribution >= 4 is 36.3 Å². The predicted molar refractivity (Wildman–Crippen MR) is 167 cm³/mol. The fraction of sp³-hybridized carbons (Fsp3) is 0.206. The number of hydrogen-bond acceptors (Lipinski definition) is 6. The number of benzene rings is 4. The number of alkyl carbamates (subject to hydrolysis) is 1. The first-order chi connectivity index (χ1) is 20.5. The molecule has 216 valence electrons. The molecule has 42 heavy (non-hydrogen) atoms. The third kappa shape index (κ3) is 8.24. The Balaban J connectivity index is 1.62. The van der Waals surface area contributed by atoms with Crippen LogP contribution in [0.2, 0.25) is 0 Å². The summed E-state index contributed by atoms with van der Waals surface area (Å²) >= 11 is 4.32. The number of ether oxygens (including phenoxy) is 2. The number of nitrogens with one attached hydrogen (secondary N) is 1. The summed E-state index contributed by atoms with van der Waals surface area (Å²) < 4.78 is 10.5. The standard InChI is InChI=1S/C34H34N2O5S/c1-2-40-31(37)22-36(33(38)30(24-42)35-34(39)41-23-25-13-6-3-7-14-25)29-20-12-19-28(21-29)32(26-15-8-4-9-16-26)27-17-10-5-11-18-27/h3-21,30,32,42H,2,22-24H2,1H3,(H,35,39)/t30-/m0/s1. The van der Waals surface area contributed by atoms with E-state index in [1.807, 2.05) is 84.9 Å². The molecule has 7 nitrogen and oxygen atoms in total. The first kappa shape index (κ1) is 30.4. The molecule has 0 aromatic heterocycles. The Morgan fingerprint density at radius 1 is 0.762 bits per heavy atom. The van der Waals surface area contributed by atoms with Gasteiger partial charge < -0.3 is 14.8 Å². The van der Waals surface area contributed by atoms with Crippen LogP contribution in [0, 0.1) is 0 Å².